The highest BCUT2D eigenvalue weighted by atomic mass is 15.1. The number of likely N-dealkylation sites (tertiary alicyclic amines) is 1. The van der Waals surface area contributed by atoms with Crippen LogP contribution in [0.5, 0.6) is 0 Å². The van der Waals surface area contributed by atoms with Crippen LogP contribution < -0.4 is 0 Å². The predicted octanol–water partition coefficient (Wildman–Crippen LogP) is 7.03. The van der Waals surface area contributed by atoms with Crippen molar-refractivity contribution in [2.24, 2.45) is 5.92 Å². The molecule has 1 fully saturated rings. The van der Waals surface area contributed by atoms with Crippen molar-refractivity contribution in [3.8, 4) is 0 Å². The normalized spacial score (nSPS) is 17.7. The van der Waals surface area contributed by atoms with E-state index in [9.17, 15) is 0 Å². The van der Waals surface area contributed by atoms with E-state index in [1.807, 2.05) is 34.6 Å². The SMILES string of the molecule is C/C=C\C=C(/C)CN(C)CCCC.CC.CC.CCC1CCCN(C)C1. The van der Waals surface area contributed by atoms with E-state index in [4.69, 9.17) is 0 Å². The fourth-order valence-electron chi connectivity index (χ4n) is 2.85. The molecule has 0 spiro atoms. The summed E-state index contributed by atoms with van der Waals surface area (Å²) in [5, 5.41) is 0. The third-order valence-electron chi connectivity index (χ3n) is 4.29. The number of hydrogen-bond acceptors (Lipinski definition) is 2. The summed E-state index contributed by atoms with van der Waals surface area (Å²) >= 11 is 0. The molecule has 0 bridgehead atoms. The lowest BCUT2D eigenvalue weighted by Crippen LogP contribution is -2.31. The Kier molecular flexibility index (Phi) is 28.3. The van der Waals surface area contributed by atoms with Crippen LogP contribution in [0.15, 0.2) is 23.8 Å². The number of allylic oxidation sites excluding steroid dienone is 3. The summed E-state index contributed by atoms with van der Waals surface area (Å²) in [6, 6.07) is 0. The van der Waals surface area contributed by atoms with Gasteiger partial charge in [0, 0.05) is 13.1 Å². The number of rotatable bonds is 7. The Morgan fingerprint density at radius 2 is 1.77 bits per heavy atom. The number of nitrogens with zero attached hydrogens (tertiary/aromatic N) is 2. The maximum absolute atomic E-state index is 2.44. The van der Waals surface area contributed by atoms with Gasteiger partial charge < -0.3 is 9.80 Å². The van der Waals surface area contributed by atoms with Gasteiger partial charge in [0.05, 0.1) is 0 Å². The van der Waals surface area contributed by atoms with Crippen LogP contribution in [0.1, 0.15) is 87.5 Å². The molecule has 1 aliphatic rings. The molecule has 0 aliphatic carbocycles. The molecule has 1 aliphatic heterocycles. The van der Waals surface area contributed by atoms with E-state index in [1.165, 1.54) is 57.3 Å². The molecular formula is C24H52N2. The summed E-state index contributed by atoms with van der Waals surface area (Å²) in [4.78, 5) is 4.82. The second-order valence-electron chi connectivity index (χ2n) is 6.81. The second-order valence-corrected chi connectivity index (χ2v) is 6.81. The van der Waals surface area contributed by atoms with Gasteiger partial charge in [0.2, 0.25) is 0 Å². The Morgan fingerprint density at radius 3 is 2.19 bits per heavy atom. The molecule has 0 aromatic rings. The summed E-state index contributed by atoms with van der Waals surface area (Å²) in [5.41, 5.74) is 1.43. The van der Waals surface area contributed by atoms with E-state index in [0.29, 0.717) is 0 Å². The molecule has 1 saturated heterocycles. The number of unbranched alkanes of at least 4 members (excludes halogenated alkanes) is 1. The summed E-state index contributed by atoms with van der Waals surface area (Å²) in [6.07, 6.45) is 13.2. The van der Waals surface area contributed by atoms with Crippen molar-refractivity contribution in [3.05, 3.63) is 23.8 Å². The van der Waals surface area contributed by atoms with Gasteiger partial charge in [-0.15, -0.1) is 0 Å². The van der Waals surface area contributed by atoms with Crippen molar-refractivity contribution in [3.63, 3.8) is 0 Å². The van der Waals surface area contributed by atoms with Crippen LogP contribution in [0.3, 0.4) is 0 Å². The zero-order valence-electron chi connectivity index (χ0n) is 20.1. The zero-order valence-corrected chi connectivity index (χ0v) is 20.1. The minimum atomic E-state index is 0.990. The van der Waals surface area contributed by atoms with E-state index in [1.54, 1.807) is 0 Å². The summed E-state index contributed by atoms with van der Waals surface area (Å²) in [5.74, 6) is 0.990. The number of likely N-dealkylation sites (N-methyl/N-ethyl adjacent to an activating group) is 1. The van der Waals surface area contributed by atoms with E-state index in [2.05, 4.69) is 62.9 Å². The first-order chi connectivity index (χ1) is 12.5. The topological polar surface area (TPSA) is 6.48 Å². The monoisotopic (exact) mass is 368 g/mol. The van der Waals surface area contributed by atoms with Crippen molar-refractivity contribution in [1.82, 2.24) is 9.80 Å². The third-order valence-corrected chi connectivity index (χ3v) is 4.29. The first kappa shape index (κ1) is 30.1. The summed E-state index contributed by atoms with van der Waals surface area (Å²) in [7, 11) is 4.41. The molecule has 1 heterocycles. The standard InChI is InChI=1S/C12H23N.C8H17N.2C2H6/c1-5-7-9-12(3)11-13(4)10-8-6-2;1-3-8-5-4-6-9(2)7-8;2*1-2/h5,7,9H,6,8,10-11H2,1-4H3;8H,3-7H2,1-2H3;2*1-2H3/b7-5-,12-9+;;;. The van der Waals surface area contributed by atoms with Gasteiger partial charge in [0.25, 0.3) is 0 Å². The quantitative estimate of drug-likeness (QED) is 0.445. The summed E-state index contributed by atoms with van der Waals surface area (Å²) < 4.78 is 0. The van der Waals surface area contributed by atoms with E-state index in [-0.39, 0.29) is 0 Å². The molecule has 0 saturated carbocycles. The Hall–Kier alpha value is -0.600. The Bertz CT molecular complexity index is 307. The molecule has 2 heteroatoms. The van der Waals surface area contributed by atoms with Crippen molar-refractivity contribution >= 4 is 0 Å². The van der Waals surface area contributed by atoms with Gasteiger partial charge >= 0.3 is 0 Å². The maximum Gasteiger partial charge on any atom is 0.0190 e. The van der Waals surface area contributed by atoms with Crippen LogP contribution in [0.25, 0.3) is 0 Å². The molecule has 158 valence electrons. The van der Waals surface area contributed by atoms with Gasteiger partial charge in [-0.25, -0.2) is 0 Å². The average Bonchev–Trinajstić information content (AvgIpc) is 2.68. The van der Waals surface area contributed by atoms with Crippen LogP contribution >= 0.6 is 0 Å². The van der Waals surface area contributed by atoms with Crippen LogP contribution in [0.4, 0.5) is 0 Å². The molecule has 0 aromatic heterocycles. The van der Waals surface area contributed by atoms with E-state index in [0.717, 1.165) is 12.5 Å². The van der Waals surface area contributed by atoms with Crippen LogP contribution in [0.2, 0.25) is 0 Å². The Morgan fingerprint density at radius 1 is 1.15 bits per heavy atom. The largest absolute Gasteiger partial charge is 0.306 e. The first-order valence-corrected chi connectivity index (χ1v) is 11.2. The lowest BCUT2D eigenvalue weighted by atomic mass is 9.96. The Balaban J connectivity index is -0.000000353. The van der Waals surface area contributed by atoms with E-state index < -0.39 is 0 Å². The van der Waals surface area contributed by atoms with Gasteiger partial charge in [0.1, 0.15) is 0 Å². The van der Waals surface area contributed by atoms with Gasteiger partial charge in [-0.05, 0) is 66.2 Å². The lowest BCUT2D eigenvalue weighted by Gasteiger charge is -2.28. The minimum absolute atomic E-state index is 0.990. The molecule has 26 heavy (non-hydrogen) atoms. The molecule has 1 rings (SSSR count). The fourth-order valence-corrected chi connectivity index (χ4v) is 2.85. The molecule has 2 nitrogen and oxygen atoms in total. The number of hydrogen-bond donors (Lipinski definition) is 0. The Labute approximate surface area is 167 Å². The van der Waals surface area contributed by atoms with Crippen molar-refractivity contribution in [2.75, 3.05) is 40.3 Å². The lowest BCUT2D eigenvalue weighted by molar-refractivity contribution is 0.206. The van der Waals surface area contributed by atoms with Gasteiger partial charge in [0.15, 0.2) is 0 Å². The highest BCUT2D eigenvalue weighted by Gasteiger charge is 2.14. The molecular weight excluding hydrogens is 316 g/mol. The molecule has 1 atom stereocenters. The molecule has 0 aromatic carbocycles. The molecule has 0 N–H and O–H groups in total. The van der Waals surface area contributed by atoms with Gasteiger partial charge in [-0.1, -0.05) is 78.2 Å². The van der Waals surface area contributed by atoms with Crippen LogP contribution in [0, 0.1) is 5.92 Å². The maximum atomic E-state index is 2.44. The highest BCUT2D eigenvalue weighted by Crippen LogP contribution is 2.17. The molecule has 0 amide bonds. The van der Waals surface area contributed by atoms with Crippen LogP contribution in [-0.4, -0.2) is 50.1 Å². The minimum Gasteiger partial charge on any atom is -0.306 e. The van der Waals surface area contributed by atoms with E-state index >= 15 is 0 Å². The van der Waals surface area contributed by atoms with Crippen molar-refractivity contribution in [1.29, 1.82) is 0 Å². The van der Waals surface area contributed by atoms with Gasteiger partial charge in [-0.3, -0.25) is 0 Å². The first-order valence-electron chi connectivity index (χ1n) is 11.2. The fraction of sp³-hybridized carbons (Fsp3) is 0.833. The van der Waals surface area contributed by atoms with Crippen LogP contribution in [-0.2, 0) is 0 Å². The zero-order chi connectivity index (χ0) is 20.8. The number of piperidine rings is 1. The second kappa shape index (κ2) is 24.4. The highest BCUT2D eigenvalue weighted by molar-refractivity contribution is 5.11. The van der Waals surface area contributed by atoms with Gasteiger partial charge in [-0.2, -0.15) is 0 Å². The molecule has 0 radical (unpaired) electrons. The van der Waals surface area contributed by atoms with Crippen molar-refractivity contribution in [2.45, 2.75) is 87.5 Å². The molecule has 1 unspecified atom stereocenters. The summed E-state index contributed by atoms with van der Waals surface area (Å²) in [6.45, 7) is 21.7. The predicted molar refractivity (Wildman–Crippen MR) is 124 cm³/mol. The average molecular weight is 369 g/mol. The smallest absolute Gasteiger partial charge is 0.0190 e. The van der Waals surface area contributed by atoms with Crippen molar-refractivity contribution < 1.29 is 0 Å². The third kappa shape index (κ3) is 21.4.